The first-order valence-corrected chi connectivity index (χ1v) is 5.88. The number of rotatable bonds is 3. The highest BCUT2D eigenvalue weighted by Crippen LogP contribution is 2.29. The Kier molecular flexibility index (Phi) is 3.59. The zero-order valence-electron chi connectivity index (χ0n) is 9.81. The molecule has 1 heterocycles. The molecule has 0 fully saturated rings. The standard InChI is InChI=1S/C13H14ClN3/c1-9(2)12-7-10(14)3-4-13(12)17-11-5-6-15-16-8-11/h3-9H,1-2H3,(H,15,17). The van der Waals surface area contributed by atoms with Crippen LogP contribution in [0.25, 0.3) is 0 Å². The molecule has 2 aromatic rings. The molecule has 1 aromatic heterocycles. The highest BCUT2D eigenvalue weighted by atomic mass is 35.5. The highest BCUT2D eigenvalue weighted by molar-refractivity contribution is 6.30. The van der Waals surface area contributed by atoms with E-state index in [1.54, 1.807) is 12.4 Å². The summed E-state index contributed by atoms with van der Waals surface area (Å²) in [4.78, 5) is 0. The van der Waals surface area contributed by atoms with Crippen molar-refractivity contribution in [2.45, 2.75) is 19.8 Å². The molecule has 17 heavy (non-hydrogen) atoms. The van der Waals surface area contributed by atoms with Crippen LogP contribution in [0.1, 0.15) is 25.3 Å². The molecule has 0 unspecified atom stereocenters. The molecular formula is C13H14ClN3. The second kappa shape index (κ2) is 5.15. The van der Waals surface area contributed by atoms with Crippen LogP contribution in [-0.4, -0.2) is 10.2 Å². The van der Waals surface area contributed by atoms with Crippen LogP contribution in [0.5, 0.6) is 0 Å². The molecule has 0 spiro atoms. The van der Waals surface area contributed by atoms with Gasteiger partial charge in [0.05, 0.1) is 18.1 Å². The Hall–Kier alpha value is -1.61. The van der Waals surface area contributed by atoms with Gasteiger partial charge < -0.3 is 5.32 Å². The van der Waals surface area contributed by atoms with Gasteiger partial charge in [-0.3, -0.25) is 0 Å². The van der Waals surface area contributed by atoms with Gasteiger partial charge in [0.1, 0.15) is 0 Å². The minimum Gasteiger partial charge on any atom is -0.354 e. The van der Waals surface area contributed by atoms with E-state index in [-0.39, 0.29) is 0 Å². The second-order valence-corrected chi connectivity index (χ2v) is 4.58. The summed E-state index contributed by atoms with van der Waals surface area (Å²) in [5.41, 5.74) is 3.16. The lowest BCUT2D eigenvalue weighted by atomic mass is 10.0. The summed E-state index contributed by atoms with van der Waals surface area (Å²) in [6, 6.07) is 7.73. The SMILES string of the molecule is CC(C)c1cc(Cl)ccc1Nc1ccnnc1. The van der Waals surface area contributed by atoms with Crippen molar-refractivity contribution in [3.63, 3.8) is 0 Å². The molecule has 0 radical (unpaired) electrons. The van der Waals surface area contributed by atoms with Gasteiger partial charge in [-0.25, -0.2) is 0 Å². The molecule has 0 amide bonds. The summed E-state index contributed by atoms with van der Waals surface area (Å²) in [5, 5.41) is 11.7. The Morgan fingerprint density at radius 1 is 1.18 bits per heavy atom. The van der Waals surface area contributed by atoms with Crippen molar-refractivity contribution in [2.24, 2.45) is 0 Å². The zero-order chi connectivity index (χ0) is 12.3. The van der Waals surface area contributed by atoms with Gasteiger partial charge in [0.25, 0.3) is 0 Å². The second-order valence-electron chi connectivity index (χ2n) is 4.14. The van der Waals surface area contributed by atoms with Crippen molar-refractivity contribution in [2.75, 3.05) is 5.32 Å². The molecule has 0 saturated carbocycles. The molecule has 4 heteroatoms. The predicted octanol–water partition coefficient (Wildman–Crippen LogP) is 4.00. The first-order chi connectivity index (χ1) is 8.16. The van der Waals surface area contributed by atoms with Crippen LogP contribution in [0.2, 0.25) is 5.02 Å². The van der Waals surface area contributed by atoms with E-state index in [9.17, 15) is 0 Å². The molecule has 3 nitrogen and oxygen atoms in total. The van der Waals surface area contributed by atoms with E-state index < -0.39 is 0 Å². The normalized spacial score (nSPS) is 10.6. The smallest absolute Gasteiger partial charge is 0.0731 e. The molecule has 0 bridgehead atoms. The summed E-state index contributed by atoms with van der Waals surface area (Å²) in [6.45, 7) is 4.28. The number of hydrogen-bond acceptors (Lipinski definition) is 3. The monoisotopic (exact) mass is 247 g/mol. The Morgan fingerprint density at radius 2 is 2.00 bits per heavy atom. The topological polar surface area (TPSA) is 37.8 Å². The van der Waals surface area contributed by atoms with Gasteiger partial charge in [0.2, 0.25) is 0 Å². The van der Waals surface area contributed by atoms with Crippen LogP contribution in [-0.2, 0) is 0 Å². The first-order valence-electron chi connectivity index (χ1n) is 5.50. The van der Waals surface area contributed by atoms with Gasteiger partial charge in [-0.1, -0.05) is 25.4 Å². The van der Waals surface area contributed by atoms with Crippen molar-refractivity contribution in [1.82, 2.24) is 10.2 Å². The Morgan fingerprint density at radius 3 is 2.65 bits per heavy atom. The van der Waals surface area contributed by atoms with Crippen LogP contribution in [0, 0.1) is 0 Å². The third-order valence-electron chi connectivity index (χ3n) is 2.50. The molecule has 1 N–H and O–H groups in total. The first kappa shape index (κ1) is 11.9. The van der Waals surface area contributed by atoms with E-state index >= 15 is 0 Å². The van der Waals surface area contributed by atoms with Crippen LogP contribution in [0.3, 0.4) is 0 Å². The zero-order valence-corrected chi connectivity index (χ0v) is 10.6. The summed E-state index contributed by atoms with van der Waals surface area (Å²) < 4.78 is 0. The highest BCUT2D eigenvalue weighted by Gasteiger charge is 2.07. The van der Waals surface area contributed by atoms with Crippen molar-refractivity contribution in [1.29, 1.82) is 0 Å². The van der Waals surface area contributed by atoms with Crippen molar-refractivity contribution < 1.29 is 0 Å². The number of aromatic nitrogens is 2. The van der Waals surface area contributed by atoms with Gasteiger partial charge in [-0.2, -0.15) is 10.2 Å². The van der Waals surface area contributed by atoms with E-state index in [1.165, 1.54) is 5.56 Å². The van der Waals surface area contributed by atoms with E-state index in [4.69, 9.17) is 11.6 Å². The minimum absolute atomic E-state index is 0.408. The van der Waals surface area contributed by atoms with Gasteiger partial charge in [-0.15, -0.1) is 0 Å². The molecule has 0 aliphatic heterocycles. The molecule has 0 saturated heterocycles. The summed E-state index contributed by atoms with van der Waals surface area (Å²) in [6.07, 6.45) is 3.35. The third-order valence-corrected chi connectivity index (χ3v) is 2.73. The lowest BCUT2D eigenvalue weighted by Crippen LogP contribution is -1.98. The Balaban J connectivity index is 2.33. The van der Waals surface area contributed by atoms with Gasteiger partial charge in [0.15, 0.2) is 0 Å². The number of hydrogen-bond donors (Lipinski definition) is 1. The van der Waals surface area contributed by atoms with E-state index in [1.807, 2.05) is 24.3 Å². The fourth-order valence-corrected chi connectivity index (χ4v) is 1.83. The Bertz CT molecular complexity index is 497. The third kappa shape index (κ3) is 2.94. The molecule has 0 atom stereocenters. The van der Waals surface area contributed by atoms with Crippen LogP contribution < -0.4 is 5.32 Å². The number of halogens is 1. The van der Waals surface area contributed by atoms with Crippen LogP contribution >= 0.6 is 11.6 Å². The lowest BCUT2D eigenvalue weighted by Gasteiger charge is -2.14. The predicted molar refractivity (Wildman–Crippen MR) is 70.9 cm³/mol. The Labute approximate surface area is 106 Å². The van der Waals surface area contributed by atoms with Gasteiger partial charge in [0, 0.05) is 10.7 Å². The largest absolute Gasteiger partial charge is 0.354 e. The number of anilines is 2. The van der Waals surface area contributed by atoms with Gasteiger partial charge in [-0.05, 0) is 35.7 Å². The molecular weight excluding hydrogens is 234 g/mol. The fraction of sp³-hybridized carbons (Fsp3) is 0.231. The van der Waals surface area contributed by atoms with E-state index in [2.05, 4.69) is 29.4 Å². The van der Waals surface area contributed by atoms with Gasteiger partial charge >= 0.3 is 0 Å². The number of benzene rings is 1. The summed E-state index contributed by atoms with van der Waals surface area (Å²) >= 11 is 6.01. The average molecular weight is 248 g/mol. The van der Waals surface area contributed by atoms with E-state index in [0.29, 0.717) is 5.92 Å². The summed E-state index contributed by atoms with van der Waals surface area (Å²) in [5.74, 6) is 0.408. The minimum atomic E-state index is 0.408. The maximum atomic E-state index is 6.01. The maximum absolute atomic E-state index is 6.01. The van der Waals surface area contributed by atoms with Crippen molar-refractivity contribution >= 4 is 23.0 Å². The van der Waals surface area contributed by atoms with Crippen molar-refractivity contribution in [3.8, 4) is 0 Å². The lowest BCUT2D eigenvalue weighted by molar-refractivity contribution is 0.869. The molecule has 88 valence electrons. The van der Waals surface area contributed by atoms with Crippen molar-refractivity contribution in [3.05, 3.63) is 47.2 Å². The number of nitrogens with zero attached hydrogens (tertiary/aromatic N) is 2. The van der Waals surface area contributed by atoms with Crippen LogP contribution in [0.4, 0.5) is 11.4 Å². The number of nitrogens with one attached hydrogen (secondary N) is 1. The quantitative estimate of drug-likeness (QED) is 0.891. The average Bonchev–Trinajstić information content (AvgIpc) is 2.32. The van der Waals surface area contributed by atoms with Crippen LogP contribution in [0.15, 0.2) is 36.7 Å². The maximum Gasteiger partial charge on any atom is 0.0731 e. The molecule has 1 aromatic carbocycles. The molecule has 2 rings (SSSR count). The summed E-state index contributed by atoms with van der Waals surface area (Å²) in [7, 11) is 0. The fourth-order valence-electron chi connectivity index (χ4n) is 1.65. The molecule has 0 aliphatic carbocycles. The molecule has 0 aliphatic rings. The van der Waals surface area contributed by atoms with E-state index in [0.717, 1.165) is 16.4 Å².